The van der Waals surface area contributed by atoms with E-state index in [1.54, 1.807) is 6.92 Å². The second-order valence-corrected chi connectivity index (χ2v) is 7.83. The lowest BCUT2D eigenvalue weighted by molar-refractivity contribution is -0.130. The van der Waals surface area contributed by atoms with Gasteiger partial charge < -0.3 is 9.80 Å². The van der Waals surface area contributed by atoms with Crippen LogP contribution in [0.2, 0.25) is 0 Å². The average Bonchev–Trinajstić information content (AvgIpc) is 3.20. The Bertz CT molecular complexity index is 774. The van der Waals surface area contributed by atoms with E-state index in [0.29, 0.717) is 17.8 Å². The van der Waals surface area contributed by atoms with Gasteiger partial charge in [0, 0.05) is 38.4 Å². The summed E-state index contributed by atoms with van der Waals surface area (Å²) in [5, 5.41) is 8.84. The van der Waals surface area contributed by atoms with Crippen LogP contribution >= 0.6 is 0 Å². The third-order valence-electron chi connectivity index (χ3n) is 5.80. The van der Waals surface area contributed by atoms with E-state index in [-0.39, 0.29) is 11.9 Å². The molecule has 2 aliphatic heterocycles. The Morgan fingerprint density at radius 1 is 1.04 bits per heavy atom. The third kappa shape index (κ3) is 2.96. The molecule has 2 aliphatic rings. The highest BCUT2D eigenvalue weighted by Gasteiger charge is 2.48. The summed E-state index contributed by atoms with van der Waals surface area (Å²) < 4.78 is 0. The molecule has 5 heteroatoms. The van der Waals surface area contributed by atoms with Crippen molar-refractivity contribution in [2.24, 2.45) is 11.8 Å². The van der Waals surface area contributed by atoms with E-state index in [4.69, 9.17) is 0 Å². The van der Waals surface area contributed by atoms with Gasteiger partial charge in [0.2, 0.25) is 5.91 Å². The van der Waals surface area contributed by atoms with Gasteiger partial charge >= 0.3 is 0 Å². The van der Waals surface area contributed by atoms with Gasteiger partial charge in [0.05, 0.1) is 11.7 Å². The second kappa shape index (κ2) is 6.71. The zero-order valence-corrected chi connectivity index (χ0v) is 15.7. The number of likely N-dealkylation sites (tertiary alicyclic amines) is 1. The molecule has 3 heterocycles. The summed E-state index contributed by atoms with van der Waals surface area (Å²) >= 11 is 0. The summed E-state index contributed by atoms with van der Waals surface area (Å²) in [5.41, 5.74) is 2.26. The Morgan fingerprint density at radius 3 is 2.42 bits per heavy atom. The highest BCUT2D eigenvalue weighted by atomic mass is 16.2. The smallest absolute Gasteiger partial charge is 0.219 e. The molecule has 0 aliphatic carbocycles. The van der Waals surface area contributed by atoms with Gasteiger partial charge in [0.25, 0.3) is 0 Å². The van der Waals surface area contributed by atoms with Crippen molar-refractivity contribution in [1.29, 1.82) is 0 Å². The molecule has 2 saturated heterocycles. The summed E-state index contributed by atoms with van der Waals surface area (Å²) in [6.45, 7) is 8.63. The van der Waals surface area contributed by atoms with E-state index in [1.807, 2.05) is 6.07 Å². The van der Waals surface area contributed by atoms with Gasteiger partial charge in [-0.15, -0.1) is 5.10 Å². The molecule has 1 aromatic heterocycles. The molecule has 26 heavy (non-hydrogen) atoms. The molecule has 0 radical (unpaired) electrons. The summed E-state index contributed by atoms with van der Waals surface area (Å²) in [6, 6.07) is 14.8. The SMILES string of the molecule is CC(=O)N1C[C@H]2CN(c3ccc(C(C)C)nn3)C[C@H]2[C@H]1c1ccccc1. The Morgan fingerprint density at radius 2 is 1.81 bits per heavy atom. The Balaban J connectivity index is 1.57. The number of hydrogen-bond donors (Lipinski definition) is 0. The largest absolute Gasteiger partial charge is 0.354 e. The first-order valence-corrected chi connectivity index (χ1v) is 9.45. The molecular weight excluding hydrogens is 324 g/mol. The minimum Gasteiger partial charge on any atom is -0.354 e. The lowest BCUT2D eigenvalue weighted by Gasteiger charge is -2.29. The fraction of sp³-hybridized carbons (Fsp3) is 0.476. The first kappa shape index (κ1) is 17.0. The van der Waals surface area contributed by atoms with Crippen LogP contribution in [0.3, 0.4) is 0 Å². The van der Waals surface area contributed by atoms with Crippen molar-refractivity contribution in [2.75, 3.05) is 24.5 Å². The molecule has 4 rings (SSSR count). The Kier molecular flexibility index (Phi) is 4.39. The van der Waals surface area contributed by atoms with Crippen LogP contribution in [0.4, 0.5) is 5.82 Å². The molecular formula is C21H26N4O. The van der Waals surface area contributed by atoms with Crippen molar-refractivity contribution in [1.82, 2.24) is 15.1 Å². The number of amides is 1. The van der Waals surface area contributed by atoms with Crippen molar-refractivity contribution in [3.63, 3.8) is 0 Å². The van der Waals surface area contributed by atoms with Gasteiger partial charge in [0.15, 0.2) is 5.82 Å². The average molecular weight is 350 g/mol. The summed E-state index contributed by atoms with van der Waals surface area (Å²) in [5.74, 6) is 2.43. The number of hydrogen-bond acceptors (Lipinski definition) is 4. The third-order valence-corrected chi connectivity index (χ3v) is 5.80. The molecule has 2 aromatic rings. The van der Waals surface area contributed by atoms with Crippen molar-refractivity contribution in [2.45, 2.75) is 32.7 Å². The summed E-state index contributed by atoms with van der Waals surface area (Å²) in [6.07, 6.45) is 0. The van der Waals surface area contributed by atoms with Gasteiger partial charge in [0.1, 0.15) is 0 Å². The van der Waals surface area contributed by atoms with Crippen molar-refractivity contribution < 1.29 is 4.79 Å². The van der Waals surface area contributed by atoms with Gasteiger partial charge in [-0.25, -0.2) is 0 Å². The quantitative estimate of drug-likeness (QED) is 0.853. The van der Waals surface area contributed by atoms with Crippen molar-refractivity contribution in [3.05, 3.63) is 53.7 Å². The topological polar surface area (TPSA) is 49.3 Å². The highest BCUT2D eigenvalue weighted by molar-refractivity contribution is 5.74. The molecule has 0 saturated carbocycles. The van der Waals surface area contributed by atoms with Crippen LogP contribution in [0, 0.1) is 11.8 Å². The second-order valence-electron chi connectivity index (χ2n) is 7.83. The maximum atomic E-state index is 12.2. The maximum absolute atomic E-state index is 12.2. The predicted molar refractivity (Wildman–Crippen MR) is 102 cm³/mol. The molecule has 0 N–H and O–H groups in total. The summed E-state index contributed by atoms with van der Waals surface area (Å²) in [4.78, 5) is 16.6. The number of nitrogens with zero attached hydrogens (tertiary/aromatic N) is 4. The normalized spacial score (nSPS) is 25.0. The number of benzene rings is 1. The van der Waals surface area contributed by atoms with Crippen molar-refractivity contribution in [3.8, 4) is 0 Å². The summed E-state index contributed by atoms with van der Waals surface area (Å²) in [7, 11) is 0. The number of fused-ring (bicyclic) bond motifs is 1. The van der Waals surface area contributed by atoms with Gasteiger partial charge in [-0.3, -0.25) is 4.79 Å². The predicted octanol–water partition coefficient (Wildman–Crippen LogP) is 3.26. The monoisotopic (exact) mass is 350 g/mol. The van der Waals surface area contributed by atoms with Crippen LogP contribution in [-0.2, 0) is 4.79 Å². The van der Waals surface area contributed by atoms with Crippen LogP contribution in [0.5, 0.6) is 0 Å². The minimum absolute atomic E-state index is 0.159. The van der Waals surface area contributed by atoms with E-state index in [2.05, 4.69) is 70.2 Å². The number of carbonyl (C=O) groups excluding carboxylic acids is 1. The molecule has 2 fully saturated rings. The minimum atomic E-state index is 0.159. The molecule has 1 aromatic carbocycles. The lowest BCUT2D eigenvalue weighted by atomic mass is 9.89. The van der Waals surface area contributed by atoms with E-state index in [0.717, 1.165) is 31.1 Å². The molecule has 0 spiro atoms. The molecule has 0 bridgehead atoms. The van der Waals surface area contributed by atoms with Gasteiger partial charge in [-0.1, -0.05) is 44.2 Å². The highest BCUT2D eigenvalue weighted by Crippen LogP contribution is 2.45. The number of aromatic nitrogens is 2. The zero-order valence-electron chi connectivity index (χ0n) is 15.7. The molecule has 1 amide bonds. The lowest BCUT2D eigenvalue weighted by Crippen LogP contribution is -2.34. The van der Waals surface area contributed by atoms with Gasteiger partial charge in [-0.2, -0.15) is 5.10 Å². The molecule has 0 unspecified atom stereocenters. The fourth-order valence-corrected chi connectivity index (χ4v) is 4.45. The van der Waals surface area contributed by atoms with Crippen LogP contribution in [0.1, 0.15) is 44.0 Å². The first-order chi connectivity index (χ1) is 12.5. The van der Waals surface area contributed by atoms with E-state index in [9.17, 15) is 4.79 Å². The number of rotatable bonds is 3. The Hall–Kier alpha value is -2.43. The van der Waals surface area contributed by atoms with E-state index >= 15 is 0 Å². The van der Waals surface area contributed by atoms with E-state index < -0.39 is 0 Å². The Labute approximate surface area is 155 Å². The molecule has 136 valence electrons. The van der Waals surface area contributed by atoms with Crippen LogP contribution in [-0.4, -0.2) is 40.6 Å². The van der Waals surface area contributed by atoms with Crippen LogP contribution in [0.15, 0.2) is 42.5 Å². The van der Waals surface area contributed by atoms with Gasteiger partial charge in [-0.05, 0) is 23.6 Å². The zero-order chi connectivity index (χ0) is 18.3. The van der Waals surface area contributed by atoms with Crippen molar-refractivity contribution >= 4 is 11.7 Å². The molecule has 5 nitrogen and oxygen atoms in total. The van der Waals surface area contributed by atoms with Crippen LogP contribution in [0.25, 0.3) is 0 Å². The first-order valence-electron chi connectivity index (χ1n) is 9.45. The molecule has 3 atom stereocenters. The van der Waals surface area contributed by atoms with Crippen LogP contribution < -0.4 is 4.90 Å². The number of anilines is 1. The van der Waals surface area contributed by atoms with E-state index in [1.165, 1.54) is 5.56 Å². The maximum Gasteiger partial charge on any atom is 0.219 e. The standard InChI is InChI=1S/C21H26N4O/c1-14(2)19-9-10-20(23-22-19)24-11-17-12-25(15(3)26)21(18(17)13-24)16-7-5-4-6-8-16/h4-10,14,17-18,21H,11-13H2,1-3H3/t17-,18-,21-/m1/s1. The number of carbonyl (C=O) groups is 1. The fourth-order valence-electron chi connectivity index (χ4n) is 4.45.